The summed E-state index contributed by atoms with van der Waals surface area (Å²) in [5, 5.41) is 144. The molecule has 0 heterocycles. The number of nitrogens with one attached hydrogen (secondary N) is 2. The Hall–Kier alpha value is -13.0. The molecule has 7 aromatic rings. The summed E-state index contributed by atoms with van der Waals surface area (Å²) in [4.78, 5) is 125. The zero-order valence-corrected chi connectivity index (χ0v) is 75.9. The fourth-order valence-corrected chi connectivity index (χ4v) is 21.2. The molecular weight excluding hydrogens is 1730 g/mol. The van der Waals surface area contributed by atoms with Crippen LogP contribution in [-0.2, 0) is 93.9 Å². The van der Waals surface area contributed by atoms with E-state index in [2.05, 4.69) is 22.5 Å². The molecule has 696 valence electrons. The Morgan fingerprint density at radius 2 is 0.842 bits per heavy atom. The number of Topliss-reactive ketones (excluding diaryl/α,β-unsaturated/α-hetero) is 6. The molecule has 0 aromatic heterocycles. The minimum absolute atomic E-state index is 0.0107. The molecule has 0 spiro atoms. The first-order valence-electron chi connectivity index (χ1n) is 43.4. The van der Waals surface area contributed by atoms with Gasteiger partial charge in [0.15, 0.2) is 34.2 Å². The summed E-state index contributed by atoms with van der Waals surface area (Å²) in [7, 11) is 13.2. The van der Waals surface area contributed by atoms with Crippen LogP contribution in [-0.4, -0.2) is 238 Å². The summed E-state index contributed by atoms with van der Waals surface area (Å²) in [6.07, 6.45) is 1.53. The summed E-state index contributed by atoms with van der Waals surface area (Å²) in [5.41, 5.74) is 14.7. The van der Waals surface area contributed by atoms with Crippen molar-refractivity contribution in [2.24, 2.45) is 52.7 Å². The fraction of sp³-hybridized carbons (Fsp3) is 0.356. The maximum Gasteiger partial charge on any atom is 0.255 e. The number of nitrogens with two attached hydrogens (primary N) is 3. The van der Waals surface area contributed by atoms with Crippen molar-refractivity contribution < 1.29 is 109 Å². The van der Waals surface area contributed by atoms with Gasteiger partial charge in [-0.05, 0) is 235 Å². The van der Waals surface area contributed by atoms with E-state index in [9.17, 15) is 109 Å². The number of hydrogen-bond donors (Lipinski definition) is 17. The molecule has 0 saturated heterocycles. The number of aromatic hydroxyl groups is 3. The average molecular weight is 1840 g/mol. The molecule has 3 fully saturated rings. The van der Waals surface area contributed by atoms with Crippen LogP contribution >= 0.6 is 11.6 Å². The first kappa shape index (κ1) is 96.1. The van der Waals surface area contributed by atoms with E-state index in [1.165, 1.54) is 44.5 Å². The van der Waals surface area contributed by atoms with Gasteiger partial charge in [0, 0.05) is 70.3 Å². The zero-order chi connectivity index (χ0) is 96.9. The second-order valence-corrected chi connectivity index (χ2v) is 37.9. The van der Waals surface area contributed by atoms with Gasteiger partial charge in [-0.2, -0.15) is 0 Å². The van der Waals surface area contributed by atoms with Crippen LogP contribution in [0.25, 0.3) is 39.5 Å². The quantitative estimate of drug-likeness (QED) is 0.0221. The van der Waals surface area contributed by atoms with Gasteiger partial charge >= 0.3 is 0 Å². The summed E-state index contributed by atoms with van der Waals surface area (Å²) >= 11 is 5.97. The lowest BCUT2D eigenvalue weighted by atomic mass is 9.57. The van der Waals surface area contributed by atoms with Crippen molar-refractivity contribution in [3.8, 4) is 51.3 Å². The highest BCUT2D eigenvalue weighted by Gasteiger charge is 2.68. The van der Waals surface area contributed by atoms with Crippen molar-refractivity contribution in [3.63, 3.8) is 0 Å². The standard InChI is InChI=1S/C36H36ClN3O7.C35H34FN3O7.C30H37N3O7/c1-40(2)30-25-16-21-15-24-23(20-7-3-19(4-8-20)17-39-14-13-18-5-9-22(37)10-6-18)11-12-26(41)28(24)31(42)27(21)33(44)36(25,47)34(45)29(32(30)43)35(38)46;1-39(2)29-24-14-20-13-23-22(19-8-6-17(7-9-19)15-38-16-18-4-3-5-21(36)12-18)10-11-25(40)27(23)30(41)26(20)32(43)35(24,46)33(44)28(31(29)42)34(37)45;1-29(2,3)18-12-14(9-8-10-32(4)5)16-11-15-13-17-22(33(6)7)25(36)21(28(31)39)27(38)30(17,40)26(37)19(15)24(35)20(16)23(18)34/h3-12,21,25,30,39,41-42,45,47H,13-17H2,1-2H3,(H2,38,46);3-12,20,24,29,38,40-41,44,46H,13-16H2,1-2H3,(H2,37,45);12,15,17,22,34-35,38,40H,10-11,13H2,1-7H3,(H2,31,39)/t21-,25-,30?,36-;20-,24-,29?,35-;15-,17-,22-,30-/m000/s1. The number of hydrogen-bond acceptors (Lipinski definition) is 27. The van der Waals surface area contributed by atoms with Gasteiger partial charge in [-0.1, -0.05) is 129 Å². The first-order valence-corrected chi connectivity index (χ1v) is 43.8. The van der Waals surface area contributed by atoms with Crippen LogP contribution in [0.2, 0.25) is 5.02 Å². The molecule has 9 aliphatic rings. The molecule has 32 heteroatoms. The van der Waals surface area contributed by atoms with Crippen LogP contribution in [0.1, 0.15) is 107 Å². The van der Waals surface area contributed by atoms with Gasteiger partial charge in [0.1, 0.15) is 74.3 Å². The number of nitrogens with zero attached hydrogens (tertiary/aromatic N) is 4. The third-order valence-corrected chi connectivity index (χ3v) is 27.5. The molecule has 3 saturated carbocycles. The van der Waals surface area contributed by atoms with Crippen molar-refractivity contribution in [2.75, 3.05) is 69.5 Å². The highest BCUT2D eigenvalue weighted by atomic mass is 35.5. The van der Waals surface area contributed by atoms with Crippen molar-refractivity contribution >= 4 is 81.3 Å². The van der Waals surface area contributed by atoms with Crippen molar-refractivity contribution in [2.45, 2.75) is 126 Å². The van der Waals surface area contributed by atoms with Gasteiger partial charge in [-0.15, -0.1) is 0 Å². The Morgan fingerprint density at radius 3 is 1.21 bits per heavy atom. The van der Waals surface area contributed by atoms with Crippen molar-refractivity contribution in [1.82, 2.24) is 30.2 Å². The monoisotopic (exact) mass is 1840 g/mol. The SMILES string of the molecule is CN(C)C1C(=O)C(C(N)=O)=C(O)[C@@]2(O)C(=O)C3=C(O)c4c(O)ccc(-c5ccc(CNCCc6ccc(Cl)cc6)cc5)c4C[C@H]3C[C@@H]12.CN(C)C1C(=O)C(C(N)=O)=C(O)[C@@]2(O)C(=O)C3=C(O)c4c(O)ccc(-c5ccc(CNCc6cccc(F)c6)cc5)c4C[C@H]3C[C@@H]12.CN(C)CC#Cc1cc(C(C)(C)C)c(O)c2c1C[C@H]1C[C@H]3[C@H](N(C)C)C(=O)C(C(N)=O)=C(O)[C@@]3(O)C(=O)C1=C2O. The first-order chi connectivity index (χ1) is 62.6. The average Bonchev–Trinajstić information content (AvgIpc) is 0.705. The number of phenols is 3. The number of likely N-dealkylation sites (N-methyl/N-ethyl adjacent to an activating group) is 3. The number of amides is 3. The van der Waals surface area contributed by atoms with Gasteiger partial charge in [-0.3, -0.25) is 62.8 Å². The summed E-state index contributed by atoms with van der Waals surface area (Å²) in [5.74, 6) is -14.3. The third kappa shape index (κ3) is 16.7. The van der Waals surface area contributed by atoms with Crippen LogP contribution in [0.4, 0.5) is 4.39 Å². The number of carbonyl (C=O) groups is 9. The normalized spacial score (nSPS) is 24.7. The number of rotatable bonds is 18. The second kappa shape index (κ2) is 36.5. The number of aliphatic hydroxyl groups is 9. The Kier molecular flexibility index (Phi) is 26.4. The van der Waals surface area contributed by atoms with Gasteiger partial charge in [0.25, 0.3) is 17.7 Å². The molecule has 0 aliphatic heterocycles. The lowest BCUT2D eigenvalue weighted by Gasteiger charge is -2.50. The Labute approximate surface area is 771 Å². The summed E-state index contributed by atoms with van der Waals surface area (Å²) in [6, 6.07) is 34.4. The van der Waals surface area contributed by atoms with Crippen LogP contribution in [0.3, 0.4) is 0 Å². The van der Waals surface area contributed by atoms with Crippen molar-refractivity contribution in [1.29, 1.82) is 0 Å². The van der Waals surface area contributed by atoms with E-state index in [0.29, 0.717) is 64.6 Å². The highest BCUT2D eigenvalue weighted by Crippen LogP contribution is 2.59. The van der Waals surface area contributed by atoms with Gasteiger partial charge < -0.3 is 89.1 Å². The lowest BCUT2D eigenvalue weighted by molar-refractivity contribution is -0.155. The molecule has 2 unspecified atom stereocenters. The van der Waals surface area contributed by atoms with Gasteiger partial charge in [0.05, 0.1) is 41.4 Å². The topological polar surface area (TPSA) is 511 Å². The number of primary amides is 3. The molecule has 3 amide bonds. The summed E-state index contributed by atoms with van der Waals surface area (Å²) < 4.78 is 13.5. The van der Waals surface area contributed by atoms with E-state index < -0.39 is 180 Å². The molecule has 7 aromatic carbocycles. The van der Waals surface area contributed by atoms with E-state index in [-0.39, 0.29) is 95.0 Å². The molecule has 12 atom stereocenters. The molecule has 30 nitrogen and oxygen atoms in total. The molecule has 0 radical (unpaired) electrons. The van der Waals surface area contributed by atoms with E-state index in [4.69, 9.17) is 28.8 Å². The Morgan fingerprint density at radius 1 is 0.474 bits per heavy atom. The van der Waals surface area contributed by atoms with E-state index >= 15 is 0 Å². The van der Waals surface area contributed by atoms with Crippen LogP contribution in [0, 0.1) is 53.2 Å². The molecule has 16 rings (SSSR count). The zero-order valence-electron chi connectivity index (χ0n) is 75.1. The lowest BCUT2D eigenvalue weighted by Crippen LogP contribution is -2.65. The number of benzene rings is 7. The van der Waals surface area contributed by atoms with Crippen LogP contribution in [0.5, 0.6) is 17.2 Å². The molecule has 0 bridgehead atoms. The molecular formula is C101H107ClFN9O21. The Bertz CT molecular complexity index is 6350. The number of carbonyl (C=O) groups excluding carboxylic acids is 9. The number of fused-ring (bicyclic) bond motifs is 9. The van der Waals surface area contributed by atoms with Gasteiger partial charge in [-0.25, -0.2) is 4.39 Å². The second-order valence-electron chi connectivity index (χ2n) is 37.5. The number of halogens is 2. The fourth-order valence-electron chi connectivity index (χ4n) is 21.0. The smallest absolute Gasteiger partial charge is 0.255 e. The molecule has 9 aliphatic carbocycles. The maximum absolute atomic E-state index is 14.1. The number of phenolic OH excluding ortho intramolecular Hbond substituents is 3. The van der Waals surface area contributed by atoms with Crippen LogP contribution in [0.15, 0.2) is 178 Å². The van der Waals surface area contributed by atoms with E-state index in [0.717, 1.165) is 46.3 Å². The number of ketones is 6. The third-order valence-electron chi connectivity index (χ3n) is 27.3. The number of aliphatic hydroxyl groups excluding tert-OH is 6. The van der Waals surface area contributed by atoms with Gasteiger partial charge in [0.2, 0.25) is 17.3 Å². The predicted molar refractivity (Wildman–Crippen MR) is 492 cm³/mol. The predicted octanol–water partition coefficient (Wildman–Crippen LogP) is 7.85. The van der Waals surface area contributed by atoms with E-state index in [1.54, 1.807) is 66.6 Å². The highest BCUT2D eigenvalue weighted by molar-refractivity contribution is 6.30. The Balaban J connectivity index is 0.000000161. The minimum Gasteiger partial charge on any atom is -0.508 e. The maximum atomic E-state index is 14.1. The van der Waals surface area contributed by atoms with Crippen LogP contribution < -0.4 is 27.8 Å². The van der Waals surface area contributed by atoms with Crippen molar-refractivity contribution in [3.05, 3.63) is 256 Å². The largest absolute Gasteiger partial charge is 0.508 e. The summed E-state index contributed by atoms with van der Waals surface area (Å²) in [6.45, 7) is 8.65. The van der Waals surface area contributed by atoms with E-state index in [1.807, 2.05) is 119 Å². The molecule has 20 N–H and O–H groups in total. The molecule has 133 heavy (non-hydrogen) atoms. The minimum atomic E-state index is -2.68.